The van der Waals surface area contributed by atoms with Gasteiger partial charge in [0.25, 0.3) is 0 Å². The lowest BCUT2D eigenvalue weighted by Gasteiger charge is -1.99. The molecule has 0 amide bonds. The van der Waals surface area contributed by atoms with Gasteiger partial charge in [-0.3, -0.25) is 20.1 Å². The third kappa shape index (κ3) is 2.67. The van der Waals surface area contributed by atoms with E-state index in [-0.39, 0.29) is 0 Å². The lowest BCUT2D eigenvalue weighted by Crippen LogP contribution is -1.87. The summed E-state index contributed by atoms with van der Waals surface area (Å²) in [6.07, 6.45) is 8.58. The van der Waals surface area contributed by atoms with Gasteiger partial charge in [-0.05, 0) is 31.2 Å². The molecule has 6 aromatic heterocycles. The summed E-state index contributed by atoms with van der Waals surface area (Å²) in [5.74, 6) is 0.664. The summed E-state index contributed by atoms with van der Waals surface area (Å²) < 4.78 is 0. The molecule has 144 valence electrons. The van der Waals surface area contributed by atoms with Crippen LogP contribution in [0.4, 0.5) is 0 Å². The van der Waals surface area contributed by atoms with Crippen molar-refractivity contribution < 1.29 is 0 Å². The number of nitrogens with zero attached hydrogens (tertiary/aromatic N) is 6. The number of H-pyrrole nitrogens is 2. The van der Waals surface area contributed by atoms with Crippen LogP contribution in [0.5, 0.6) is 0 Å². The monoisotopic (exact) mass is 410 g/mol. The van der Waals surface area contributed by atoms with Crippen LogP contribution in [-0.4, -0.2) is 40.1 Å². The second-order valence-corrected chi connectivity index (χ2v) is 8.12. The Morgan fingerprint density at radius 2 is 1.90 bits per heavy atom. The van der Waals surface area contributed by atoms with E-state index in [1.807, 2.05) is 12.1 Å². The molecule has 8 nitrogen and oxygen atoms in total. The van der Waals surface area contributed by atoms with Crippen LogP contribution in [0.15, 0.2) is 55.2 Å². The van der Waals surface area contributed by atoms with Gasteiger partial charge in [0.2, 0.25) is 0 Å². The first-order valence-corrected chi connectivity index (χ1v) is 10.1. The van der Waals surface area contributed by atoms with E-state index in [2.05, 4.69) is 54.2 Å². The second kappa shape index (κ2) is 6.53. The van der Waals surface area contributed by atoms with E-state index >= 15 is 0 Å². The van der Waals surface area contributed by atoms with Crippen molar-refractivity contribution >= 4 is 33.4 Å². The van der Waals surface area contributed by atoms with Gasteiger partial charge >= 0.3 is 0 Å². The number of pyridine rings is 2. The Hall–Kier alpha value is -3.98. The zero-order chi connectivity index (χ0) is 20.1. The predicted octanol–water partition coefficient (Wildman–Crippen LogP) is 4.39. The van der Waals surface area contributed by atoms with Crippen molar-refractivity contribution in [3.8, 4) is 33.3 Å². The highest BCUT2D eigenvalue weighted by atomic mass is 32.1. The molecule has 6 rings (SSSR count). The van der Waals surface area contributed by atoms with Crippen LogP contribution < -0.4 is 0 Å². The van der Waals surface area contributed by atoms with Gasteiger partial charge in [-0.1, -0.05) is 0 Å². The minimum absolute atomic E-state index is 0.664. The number of nitrogens with one attached hydrogen (secondary N) is 2. The van der Waals surface area contributed by atoms with E-state index in [0.717, 1.165) is 38.2 Å². The topological polar surface area (TPSA) is 109 Å². The highest BCUT2D eigenvalue weighted by Crippen LogP contribution is 2.33. The molecule has 9 heteroatoms. The van der Waals surface area contributed by atoms with Crippen molar-refractivity contribution in [2.75, 3.05) is 0 Å². The molecular formula is C21H14N8S. The van der Waals surface area contributed by atoms with Gasteiger partial charge in [-0.15, -0.1) is 11.3 Å². The second-order valence-electron chi connectivity index (χ2n) is 6.83. The lowest BCUT2D eigenvalue weighted by atomic mass is 10.1. The first-order chi connectivity index (χ1) is 14.8. The number of thiophene rings is 1. The Balaban J connectivity index is 1.52. The van der Waals surface area contributed by atoms with E-state index in [1.54, 1.807) is 42.3 Å². The molecule has 0 bridgehead atoms. The molecule has 0 aliphatic heterocycles. The molecule has 2 N–H and O–H groups in total. The number of rotatable bonds is 3. The van der Waals surface area contributed by atoms with E-state index in [9.17, 15) is 0 Å². The highest BCUT2D eigenvalue weighted by molar-refractivity contribution is 7.15. The molecule has 6 heterocycles. The normalized spacial score (nSPS) is 11.5. The molecule has 0 aromatic carbocycles. The van der Waals surface area contributed by atoms with E-state index < -0.39 is 0 Å². The molecule has 0 atom stereocenters. The number of aromatic nitrogens is 8. The maximum atomic E-state index is 4.84. The molecule has 0 radical (unpaired) electrons. The first kappa shape index (κ1) is 16.9. The van der Waals surface area contributed by atoms with Crippen molar-refractivity contribution in [3.63, 3.8) is 0 Å². The first-order valence-electron chi connectivity index (χ1n) is 9.29. The summed E-state index contributed by atoms with van der Waals surface area (Å²) in [4.78, 5) is 28.1. The van der Waals surface area contributed by atoms with Crippen LogP contribution in [0.25, 0.3) is 55.4 Å². The molecular weight excluding hydrogens is 396 g/mol. The van der Waals surface area contributed by atoms with E-state index in [0.29, 0.717) is 17.2 Å². The van der Waals surface area contributed by atoms with Gasteiger partial charge in [-0.25, -0.2) is 9.97 Å². The van der Waals surface area contributed by atoms with Crippen LogP contribution in [-0.2, 0) is 0 Å². The Morgan fingerprint density at radius 3 is 2.73 bits per heavy atom. The molecule has 0 aliphatic carbocycles. The van der Waals surface area contributed by atoms with Gasteiger partial charge in [0.1, 0.15) is 16.9 Å². The summed E-state index contributed by atoms with van der Waals surface area (Å²) in [6.45, 7) is 2.09. The highest BCUT2D eigenvalue weighted by Gasteiger charge is 2.17. The van der Waals surface area contributed by atoms with Crippen LogP contribution in [0.3, 0.4) is 0 Å². The fourth-order valence-corrected chi connectivity index (χ4v) is 4.33. The smallest absolute Gasteiger partial charge is 0.159 e. The molecule has 0 saturated heterocycles. The average Bonchev–Trinajstić information content (AvgIpc) is 3.51. The van der Waals surface area contributed by atoms with Gasteiger partial charge < -0.3 is 4.98 Å². The fraction of sp³-hybridized carbons (Fsp3) is 0.0476. The average molecular weight is 410 g/mol. The summed E-state index contributed by atoms with van der Waals surface area (Å²) >= 11 is 1.70. The number of hydrogen-bond donors (Lipinski definition) is 2. The molecule has 6 aromatic rings. The number of aryl methyl sites for hydroxylation is 1. The van der Waals surface area contributed by atoms with Crippen molar-refractivity contribution in [2.45, 2.75) is 6.92 Å². The summed E-state index contributed by atoms with van der Waals surface area (Å²) in [7, 11) is 0. The van der Waals surface area contributed by atoms with Crippen molar-refractivity contribution in [2.24, 2.45) is 0 Å². The summed E-state index contributed by atoms with van der Waals surface area (Å²) in [5.41, 5.74) is 5.61. The van der Waals surface area contributed by atoms with Crippen LogP contribution in [0.1, 0.15) is 4.88 Å². The third-order valence-corrected chi connectivity index (χ3v) is 5.88. The minimum Gasteiger partial charge on any atom is -0.336 e. The maximum absolute atomic E-state index is 4.84. The molecule has 0 unspecified atom stereocenters. The predicted molar refractivity (Wildman–Crippen MR) is 116 cm³/mol. The molecule has 0 spiro atoms. The van der Waals surface area contributed by atoms with Gasteiger partial charge in [0, 0.05) is 35.2 Å². The lowest BCUT2D eigenvalue weighted by molar-refractivity contribution is 1.09. The minimum atomic E-state index is 0.664. The Labute approximate surface area is 174 Å². The number of hydrogen-bond acceptors (Lipinski definition) is 7. The molecule has 0 aliphatic rings. The standard InChI is InChI=1S/C21H14N8S/c1-11-2-3-16(30-11)19-18-14(4-5-24-19)26-21(27-18)17-13-8-12(9-25-20(13)29-28-17)15-10-22-6-7-23-15/h2-10H,1H3,(H,26,27)(H,25,28,29). The number of fused-ring (bicyclic) bond motifs is 2. The number of imidazole rings is 1. The fourth-order valence-electron chi connectivity index (χ4n) is 3.46. The van der Waals surface area contributed by atoms with E-state index in [1.165, 1.54) is 4.88 Å². The largest absolute Gasteiger partial charge is 0.336 e. The molecule has 30 heavy (non-hydrogen) atoms. The van der Waals surface area contributed by atoms with Crippen LogP contribution >= 0.6 is 11.3 Å². The van der Waals surface area contributed by atoms with Gasteiger partial charge in [-0.2, -0.15) is 5.10 Å². The van der Waals surface area contributed by atoms with Crippen molar-refractivity contribution in [1.82, 2.24) is 40.1 Å². The third-order valence-electron chi connectivity index (χ3n) is 4.87. The zero-order valence-corrected chi connectivity index (χ0v) is 16.6. The molecule has 0 fully saturated rings. The van der Waals surface area contributed by atoms with Crippen LogP contribution in [0, 0.1) is 6.92 Å². The van der Waals surface area contributed by atoms with Gasteiger partial charge in [0.15, 0.2) is 11.5 Å². The van der Waals surface area contributed by atoms with Gasteiger partial charge in [0.05, 0.1) is 27.7 Å². The van der Waals surface area contributed by atoms with E-state index in [4.69, 9.17) is 4.98 Å². The quantitative estimate of drug-likeness (QED) is 0.448. The molecule has 0 saturated carbocycles. The Kier molecular flexibility index (Phi) is 3.68. The van der Waals surface area contributed by atoms with Crippen molar-refractivity contribution in [3.05, 3.63) is 60.1 Å². The summed E-state index contributed by atoms with van der Waals surface area (Å²) in [6, 6.07) is 8.10. The van der Waals surface area contributed by atoms with Crippen molar-refractivity contribution in [1.29, 1.82) is 0 Å². The Bertz CT molecular complexity index is 1510. The maximum Gasteiger partial charge on any atom is 0.159 e. The zero-order valence-electron chi connectivity index (χ0n) is 15.8. The Morgan fingerprint density at radius 1 is 0.933 bits per heavy atom. The summed E-state index contributed by atoms with van der Waals surface area (Å²) in [5, 5.41) is 8.32. The SMILES string of the molecule is Cc1ccc(-c2nccc3[nH]c(-c4n[nH]c5ncc(-c6cnccn6)cc45)nc23)s1. The van der Waals surface area contributed by atoms with Crippen LogP contribution in [0.2, 0.25) is 0 Å². The number of aromatic amines is 2.